The van der Waals surface area contributed by atoms with Crippen LogP contribution in [0.2, 0.25) is 0 Å². The van der Waals surface area contributed by atoms with Crippen LogP contribution in [0.15, 0.2) is 30.4 Å². The Bertz CT molecular complexity index is 409. The lowest BCUT2D eigenvalue weighted by Crippen LogP contribution is -2.37. The Morgan fingerprint density at radius 3 is 2.26 bits per heavy atom. The van der Waals surface area contributed by atoms with Gasteiger partial charge < -0.3 is 5.32 Å². The van der Waals surface area contributed by atoms with Gasteiger partial charge in [0.05, 0.1) is 0 Å². The molecule has 2 heteroatoms. The van der Waals surface area contributed by atoms with E-state index < -0.39 is 0 Å². The number of hydrogen-bond donors (Lipinski definition) is 1. The van der Waals surface area contributed by atoms with E-state index in [1.807, 2.05) is 11.8 Å². The van der Waals surface area contributed by atoms with Crippen molar-refractivity contribution in [1.82, 2.24) is 5.32 Å². The van der Waals surface area contributed by atoms with Crippen LogP contribution in [-0.4, -0.2) is 17.8 Å². The fraction of sp³-hybridized carbons (Fsp3) is 0.529. The van der Waals surface area contributed by atoms with Crippen molar-refractivity contribution in [2.24, 2.45) is 0 Å². The van der Waals surface area contributed by atoms with Gasteiger partial charge in [-0.2, -0.15) is 11.8 Å². The molecule has 0 amide bonds. The summed E-state index contributed by atoms with van der Waals surface area (Å²) < 4.78 is 0. The molecule has 0 spiro atoms. The molecule has 19 heavy (non-hydrogen) atoms. The van der Waals surface area contributed by atoms with Crippen LogP contribution in [0, 0.1) is 13.8 Å². The molecule has 1 aromatic carbocycles. The smallest absolute Gasteiger partial charge is 0.0187 e. The summed E-state index contributed by atoms with van der Waals surface area (Å²) in [4.78, 5) is 0. The Hall–Kier alpha value is -0.730. The summed E-state index contributed by atoms with van der Waals surface area (Å²) in [5, 5.41) is 3.48. The SMILES string of the molecule is C=C(CNC(C)(C)C)CSCc1cc(C)cc(C)c1. The summed E-state index contributed by atoms with van der Waals surface area (Å²) in [5.74, 6) is 2.09. The summed E-state index contributed by atoms with van der Waals surface area (Å²) >= 11 is 1.94. The van der Waals surface area contributed by atoms with Crippen molar-refractivity contribution in [2.75, 3.05) is 12.3 Å². The van der Waals surface area contributed by atoms with Gasteiger partial charge in [-0.3, -0.25) is 0 Å². The van der Waals surface area contributed by atoms with Crippen molar-refractivity contribution < 1.29 is 0 Å². The van der Waals surface area contributed by atoms with Gasteiger partial charge >= 0.3 is 0 Å². The monoisotopic (exact) mass is 277 g/mol. The van der Waals surface area contributed by atoms with Gasteiger partial charge in [0.25, 0.3) is 0 Å². The van der Waals surface area contributed by atoms with Crippen LogP contribution in [0.1, 0.15) is 37.5 Å². The number of benzene rings is 1. The van der Waals surface area contributed by atoms with Crippen molar-refractivity contribution in [3.05, 3.63) is 47.0 Å². The Labute approximate surface area is 122 Å². The highest BCUT2D eigenvalue weighted by molar-refractivity contribution is 7.98. The quantitative estimate of drug-likeness (QED) is 0.769. The second kappa shape index (κ2) is 7.16. The molecule has 0 unspecified atom stereocenters. The first-order valence-corrected chi connectivity index (χ1v) is 7.98. The molecule has 0 aliphatic carbocycles. The topological polar surface area (TPSA) is 12.0 Å². The maximum Gasteiger partial charge on any atom is 0.0187 e. The van der Waals surface area contributed by atoms with Gasteiger partial charge in [-0.05, 0) is 40.2 Å². The fourth-order valence-corrected chi connectivity index (χ4v) is 2.80. The van der Waals surface area contributed by atoms with E-state index in [1.54, 1.807) is 0 Å². The first kappa shape index (κ1) is 16.3. The molecular weight excluding hydrogens is 250 g/mol. The van der Waals surface area contributed by atoms with Crippen LogP contribution in [0.3, 0.4) is 0 Å². The maximum atomic E-state index is 4.14. The predicted molar refractivity (Wildman–Crippen MR) is 89.0 cm³/mol. The third kappa shape index (κ3) is 7.44. The third-order valence-electron chi connectivity index (χ3n) is 2.73. The van der Waals surface area contributed by atoms with Gasteiger partial charge in [0.2, 0.25) is 0 Å². The zero-order valence-corrected chi connectivity index (χ0v) is 13.8. The highest BCUT2D eigenvalue weighted by Gasteiger charge is 2.08. The Morgan fingerprint density at radius 1 is 1.16 bits per heavy atom. The highest BCUT2D eigenvalue weighted by Crippen LogP contribution is 2.17. The van der Waals surface area contributed by atoms with Crippen LogP contribution in [-0.2, 0) is 5.75 Å². The van der Waals surface area contributed by atoms with Gasteiger partial charge in [-0.25, -0.2) is 0 Å². The van der Waals surface area contributed by atoms with E-state index in [1.165, 1.54) is 22.3 Å². The van der Waals surface area contributed by atoms with E-state index in [0.29, 0.717) is 0 Å². The molecule has 0 fully saturated rings. The molecular formula is C17H27NS. The molecule has 1 aromatic rings. The summed E-state index contributed by atoms with van der Waals surface area (Å²) in [6.07, 6.45) is 0. The molecule has 1 nitrogen and oxygen atoms in total. The number of hydrogen-bond acceptors (Lipinski definition) is 2. The average molecular weight is 277 g/mol. The van der Waals surface area contributed by atoms with Crippen LogP contribution in [0.4, 0.5) is 0 Å². The van der Waals surface area contributed by atoms with Crippen LogP contribution >= 0.6 is 11.8 Å². The Kier molecular flexibility index (Phi) is 6.15. The summed E-state index contributed by atoms with van der Waals surface area (Å²) in [7, 11) is 0. The summed E-state index contributed by atoms with van der Waals surface area (Å²) in [6.45, 7) is 15.9. The van der Waals surface area contributed by atoms with Crippen LogP contribution in [0.5, 0.6) is 0 Å². The van der Waals surface area contributed by atoms with E-state index in [2.05, 4.69) is 64.7 Å². The second-order valence-electron chi connectivity index (χ2n) is 6.34. The van der Waals surface area contributed by atoms with Gasteiger partial charge in [0, 0.05) is 23.6 Å². The largest absolute Gasteiger partial charge is 0.308 e. The molecule has 1 N–H and O–H groups in total. The fourth-order valence-electron chi connectivity index (χ4n) is 1.91. The predicted octanol–water partition coefficient (Wildman–Crippen LogP) is 4.48. The minimum atomic E-state index is 0.168. The summed E-state index contributed by atoms with van der Waals surface area (Å²) in [5.41, 5.74) is 5.55. The van der Waals surface area contributed by atoms with Gasteiger partial charge in [-0.15, -0.1) is 0 Å². The molecule has 0 saturated carbocycles. The Morgan fingerprint density at radius 2 is 1.74 bits per heavy atom. The van der Waals surface area contributed by atoms with E-state index in [9.17, 15) is 0 Å². The molecule has 0 aliphatic heterocycles. The van der Waals surface area contributed by atoms with Crippen LogP contribution in [0.25, 0.3) is 0 Å². The van der Waals surface area contributed by atoms with E-state index in [-0.39, 0.29) is 5.54 Å². The highest BCUT2D eigenvalue weighted by atomic mass is 32.2. The van der Waals surface area contributed by atoms with Gasteiger partial charge in [0.1, 0.15) is 0 Å². The Balaban J connectivity index is 2.32. The number of aryl methyl sites for hydroxylation is 2. The second-order valence-corrected chi connectivity index (χ2v) is 7.33. The molecule has 0 heterocycles. The standard InChI is InChI=1S/C17H27NS/c1-13-7-14(2)9-16(8-13)12-19-11-15(3)10-18-17(4,5)6/h7-9,18H,3,10-12H2,1-2,4-6H3. The maximum absolute atomic E-state index is 4.14. The first-order valence-electron chi connectivity index (χ1n) is 6.83. The van der Waals surface area contributed by atoms with Gasteiger partial charge in [0.15, 0.2) is 0 Å². The van der Waals surface area contributed by atoms with Crippen molar-refractivity contribution in [3.8, 4) is 0 Å². The van der Waals surface area contributed by atoms with Crippen molar-refractivity contribution >= 4 is 11.8 Å². The number of rotatable bonds is 6. The summed E-state index contributed by atoms with van der Waals surface area (Å²) in [6, 6.07) is 6.77. The molecule has 0 bridgehead atoms. The molecule has 106 valence electrons. The van der Waals surface area contributed by atoms with Crippen molar-refractivity contribution in [2.45, 2.75) is 45.9 Å². The minimum absolute atomic E-state index is 0.168. The minimum Gasteiger partial charge on any atom is -0.308 e. The lowest BCUT2D eigenvalue weighted by atomic mass is 10.1. The molecule has 0 atom stereocenters. The zero-order chi connectivity index (χ0) is 14.5. The van der Waals surface area contributed by atoms with E-state index in [4.69, 9.17) is 0 Å². The average Bonchev–Trinajstić information content (AvgIpc) is 2.24. The van der Waals surface area contributed by atoms with Crippen molar-refractivity contribution in [3.63, 3.8) is 0 Å². The third-order valence-corrected chi connectivity index (χ3v) is 3.87. The van der Waals surface area contributed by atoms with E-state index >= 15 is 0 Å². The van der Waals surface area contributed by atoms with Crippen molar-refractivity contribution in [1.29, 1.82) is 0 Å². The molecule has 0 radical (unpaired) electrons. The number of nitrogens with one attached hydrogen (secondary N) is 1. The van der Waals surface area contributed by atoms with Gasteiger partial charge in [-0.1, -0.05) is 41.5 Å². The molecule has 0 saturated heterocycles. The lowest BCUT2D eigenvalue weighted by Gasteiger charge is -2.21. The molecule has 0 aromatic heterocycles. The first-order chi connectivity index (χ1) is 8.76. The van der Waals surface area contributed by atoms with Crippen LogP contribution < -0.4 is 5.32 Å². The lowest BCUT2D eigenvalue weighted by molar-refractivity contribution is 0.445. The molecule has 1 rings (SSSR count). The molecule has 0 aliphatic rings. The van der Waals surface area contributed by atoms with E-state index in [0.717, 1.165) is 18.1 Å². The number of thioether (sulfide) groups is 1. The zero-order valence-electron chi connectivity index (χ0n) is 13.0. The normalized spacial score (nSPS) is 11.6.